The predicted molar refractivity (Wildman–Crippen MR) is 186 cm³/mol. The summed E-state index contributed by atoms with van der Waals surface area (Å²) in [6, 6.07) is -0.385. The van der Waals surface area contributed by atoms with Crippen LogP contribution in [0.4, 0.5) is 4.79 Å². The highest BCUT2D eigenvalue weighted by Gasteiger charge is 2.19. The first kappa shape index (κ1) is 43.2. The van der Waals surface area contributed by atoms with E-state index in [0.717, 1.165) is 51.4 Å². The largest absolute Gasteiger partial charge is 0.466 e. The molecular weight excluding hydrogens is 568 g/mol. The number of unbranched alkanes of at least 4 members (excludes halogenated alkanes) is 21. The molecule has 8 nitrogen and oxygen atoms in total. The van der Waals surface area contributed by atoms with Crippen LogP contribution < -0.4 is 10.6 Å². The van der Waals surface area contributed by atoms with Gasteiger partial charge in [0.2, 0.25) is 0 Å². The maximum atomic E-state index is 12.8. The molecule has 0 bridgehead atoms. The first-order chi connectivity index (χ1) is 22.0. The van der Waals surface area contributed by atoms with E-state index in [1.165, 1.54) is 103 Å². The molecule has 0 heterocycles. The molecule has 3 N–H and O–H groups in total. The molecule has 0 fully saturated rings. The van der Waals surface area contributed by atoms with E-state index in [-0.39, 0.29) is 18.0 Å². The van der Waals surface area contributed by atoms with Crippen LogP contribution in [0.1, 0.15) is 187 Å². The Morgan fingerprint density at radius 2 is 0.978 bits per heavy atom. The minimum Gasteiger partial charge on any atom is -0.466 e. The standard InChI is InChI=1S/C37H72N2O6/c1-3-5-7-9-11-13-15-17-19-26-32-44-35(40)29-22-21-24-30-38-34(28-23-25-31-39-37(42)43)36(41)45-33-27-20-18-16-14-12-10-8-6-4-2/h34,38-39H,3-33H2,1-2H3,(H,42,43). The third-order valence-electron chi connectivity index (χ3n) is 8.43. The molecule has 1 amide bonds. The van der Waals surface area contributed by atoms with Crippen molar-refractivity contribution in [1.29, 1.82) is 0 Å². The Morgan fingerprint density at radius 3 is 1.49 bits per heavy atom. The highest BCUT2D eigenvalue weighted by molar-refractivity contribution is 5.75. The van der Waals surface area contributed by atoms with Crippen molar-refractivity contribution in [3.8, 4) is 0 Å². The normalized spacial score (nSPS) is 11.8. The zero-order valence-electron chi connectivity index (χ0n) is 29.5. The van der Waals surface area contributed by atoms with Crippen LogP contribution in [0.25, 0.3) is 0 Å². The summed E-state index contributed by atoms with van der Waals surface area (Å²) < 4.78 is 11.0. The number of amides is 1. The van der Waals surface area contributed by atoms with Gasteiger partial charge in [0.25, 0.3) is 0 Å². The smallest absolute Gasteiger partial charge is 0.404 e. The highest BCUT2D eigenvalue weighted by Crippen LogP contribution is 2.12. The van der Waals surface area contributed by atoms with Gasteiger partial charge in [-0.2, -0.15) is 0 Å². The molecule has 0 aromatic heterocycles. The summed E-state index contributed by atoms with van der Waals surface area (Å²) in [5.41, 5.74) is 0. The molecule has 0 aliphatic heterocycles. The molecule has 1 unspecified atom stereocenters. The second-order valence-corrected chi connectivity index (χ2v) is 12.8. The molecule has 0 aromatic rings. The molecular formula is C37H72N2O6. The van der Waals surface area contributed by atoms with Gasteiger partial charge in [-0.05, 0) is 51.5 Å². The minimum atomic E-state index is -1.02. The molecule has 0 saturated heterocycles. The van der Waals surface area contributed by atoms with Crippen LogP contribution in [0.2, 0.25) is 0 Å². The van der Waals surface area contributed by atoms with Crippen LogP contribution in [-0.2, 0) is 19.1 Å². The molecule has 8 heteroatoms. The van der Waals surface area contributed by atoms with Crippen LogP contribution in [0.5, 0.6) is 0 Å². The van der Waals surface area contributed by atoms with Crippen LogP contribution >= 0.6 is 0 Å². The van der Waals surface area contributed by atoms with Crippen molar-refractivity contribution in [2.45, 2.75) is 193 Å². The molecule has 45 heavy (non-hydrogen) atoms. The summed E-state index contributed by atoms with van der Waals surface area (Å²) in [5.74, 6) is -0.324. The Balaban J connectivity index is 3.98. The lowest BCUT2D eigenvalue weighted by Crippen LogP contribution is -2.39. The van der Waals surface area contributed by atoms with Gasteiger partial charge in [-0.3, -0.25) is 9.59 Å². The van der Waals surface area contributed by atoms with Crippen molar-refractivity contribution >= 4 is 18.0 Å². The maximum absolute atomic E-state index is 12.8. The number of ether oxygens (including phenoxy) is 2. The molecule has 0 aliphatic rings. The van der Waals surface area contributed by atoms with Gasteiger partial charge >= 0.3 is 18.0 Å². The molecule has 0 rings (SSSR count). The molecule has 1 atom stereocenters. The zero-order chi connectivity index (χ0) is 33.1. The fourth-order valence-corrected chi connectivity index (χ4v) is 5.53. The fourth-order valence-electron chi connectivity index (χ4n) is 5.53. The Morgan fingerprint density at radius 1 is 0.533 bits per heavy atom. The van der Waals surface area contributed by atoms with Gasteiger partial charge in [0.05, 0.1) is 13.2 Å². The third kappa shape index (κ3) is 33.4. The molecule has 0 radical (unpaired) electrons. The van der Waals surface area contributed by atoms with E-state index in [4.69, 9.17) is 14.6 Å². The van der Waals surface area contributed by atoms with E-state index in [0.29, 0.717) is 45.6 Å². The molecule has 266 valence electrons. The third-order valence-corrected chi connectivity index (χ3v) is 8.43. The quantitative estimate of drug-likeness (QED) is 0.0467. The summed E-state index contributed by atoms with van der Waals surface area (Å²) in [5, 5.41) is 14.5. The van der Waals surface area contributed by atoms with Gasteiger partial charge in [0, 0.05) is 13.0 Å². The van der Waals surface area contributed by atoms with Crippen molar-refractivity contribution in [2.75, 3.05) is 26.3 Å². The topological polar surface area (TPSA) is 114 Å². The summed E-state index contributed by atoms with van der Waals surface area (Å²) in [7, 11) is 0. The van der Waals surface area contributed by atoms with E-state index in [1.54, 1.807) is 0 Å². The number of carbonyl (C=O) groups excluding carboxylic acids is 2. The number of rotatable bonds is 35. The summed E-state index contributed by atoms with van der Waals surface area (Å²) in [4.78, 5) is 35.5. The average Bonchev–Trinajstić information content (AvgIpc) is 3.02. The number of nitrogens with one attached hydrogen (secondary N) is 2. The number of carboxylic acid groups (broad SMARTS) is 1. The van der Waals surface area contributed by atoms with Crippen LogP contribution in [0, 0.1) is 0 Å². The first-order valence-electron chi connectivity index (χ1n) is 19.0. The van der Waals surface area contributed by atoms with Gasteiger partial charge in [-0.1, -0.05) is 136 Å². The van der Waals surface area contributed by atoms with Crippen molar-refractivity contribution in [3.05, 3.63) is 0 Å². The lowest BCUT2D eigenvalue weighted by atomic mass is 10.1. The lowest BCUT2D eigenvalue weighted by molar-refractivity contribution is -0.146. The predicted octanol–water partition coefficient (Wildman–Crippen LogP) is 9.87. The van der Waals surface area contributed by atoms with E-state index >= 15 is 0 Å². The van der Waals surface area contributed by atoms with Gasteiger partial charge < -0.3 is 25.2 Å². The SMILES string of the molecule is CCCCCCCCCCCCOC(=O)CCCCCNC(CCCCNC(=O)O)C(=O)OCCCCCCCCCCCC. The second-order valence-electron chi connectivity index (χ2n) is 12.8. The second kappa shape index (κ2) is 35.0. The number of esters is 2. The Labute approximate surface area is 276 Å². The van der Waals surface area contributed by atoms with Crippen molar-refractivity contribution in [3.63, 3.8) is 0 Å². The van der Waals surface area contributed by atoms with E-state index in [1.807, 2.05) is 0 Å². The van der Waals surface area contributed by atoms with Crippen LogP contribution in [0.3, 0.4) is 0 Å². The van der Waals surface area contributed by atoms with Gasteiger partial charge in [-0.25, -0.2) is 4.79 Å². The Bertz CT molecular complexity index is 675. The first-order valence-corrected chi connectivity index (χ1v) is 19.0. The van der Waals surface area contributed by atoms with Crippen molar-refractivity contribution in [2.24, 2.45) is 0 Å². The summed E-state index contributed by atoms with van der Waals surface area (Å²) in [6.45, 7) is 6.54. The number of hydrogen-bond acceptors (Lipinski definition) is 6. The van der Waals surface area contributed by atoms with E-state index in [2.05, 4.69) is 24.5 Å². The molecule has 0 aromatic carbocycles. The van der Waals surface area contributed by atoms with Crippen molar-refractivity contribution in [1.82, 2.24) is 10.6 Å². The number of carbonyl (C=O) groups is 3. The monoisotopic (exact) mass is 641 g/mol. The van der Waals surface area contributed by atoms with Crippen LogP contribution in [-0.4, -0.2) is 55.5 Å². The highest BCUT2D eigenvalue weighted by atomic mass is 16.5. The van der Waals surface area contributed by atoms with Gasteiger partial charge in [0.1, 0.15) is 6.04 Å². The van der Waals surface area contributed by atoms with Crippen molar-refractivity contribution < 1.29 is 29.0 Å². The molecule has 0 aliphatic carbocycles. The van der Waals surface area contributed by atoms with E-state index in [9.17, 15) is 14.4 Å². The summed E-state index contributed by atoms with van der Waals surface area (Å²) in [6.07, 6.45) is 29.0. The van der Waals surface area contributed by atoms with Gasteiger partial charge in [0.15, 0.2) is 0 Å². The minimum absolute atomic E-state index is 0.109. The van der Waals surface area contributed by atoms with Crippen LogP contribution in [0.15, 0.2) is 0 Å². The molecule has 0 spiro atoms. The average molecular weight is 641 g/mol. The number of hydrogen-bond donors (Lipinski definition) is 3. The molecule has 0 saturated carbocycles. The van der Waals surface area contributed by atoms with E-state index < -0.39 is 6.09 Å². The van der Waals surface area contributed by atoms with Gasteiger partial charge in [-0.15, -0.1) is 0 Å². The fraction of sp³-hybridized carbons (Fsp3) is 0.919. The Hall–Kier alpha value is -1.83. The maximum Gasteiger partial charge on any atom is 0.404 e. The zero-order valence-corrected chi connectivity index (χ0v) is 29.5. The Kier molecular flexibility index (Phi) is 33.6. The summed E-state index contributed by atoms with van der Waals surface area (Å²) >= 11 is 0. The lowest BCUT2D eigenvalue weighted by Gasteiger charge is -2.18.